The van der Waals surface area contributed by atoms with E-state index in [2.05, 4.69) is 20.7 Å². The van der Waals surface area contributed by atoms with Gasteiger partial charge in [0.15, 0.2) is 5.65 Å². The molecule has 0 radical (unpaired) electrons. The van der Waals surface area contributed by atoms with Gasteiger partial charge in [0.2, 0.25) is 5.95 Å². The van der Waals surface area contributed by atoms with E-state index < -0.39 is 0 Å². The molecule has 0 spiro atoms. The zero-order valence-electron chi connectivity index (χ0n) is 24.1. The van der Waals surface area contributed by atoms with Crippen molar-refractivity contribution in [1.82, 2.24) is 24.8 Å². The molecule has 1 fully saturated rings. The van der Waals surface area contributed by atoms with E-state index in [9.17, 15) is 14.0 Å². The monoisotopic (exact) mass is 594 g/mol. The lowest BCUT2D eigenvalue weighted by Crippen LogP contribution is -2.40. The summed E-state index contributed by atoms with van der Waals surface area (Å²) in [5.74, 6) is 0.328. The van der Waals surface area contributed by atoms with Gasteiger partial charge >= 0.3 is 0 Å². The number of hydrogen-bond acceptors (Lipinski definition) is 7. The molecule has 10 nitrogen and oxygen atoms in total. The number of ether oxygens (including phenoxy) is 2. The number of hydrogen-bond donors (Lipinski definition) is 2. The number of morpholine rings is 1. The van der Waals surface area contributed by atoms with Crippen LogP contribution >= 0.6 is 0 Å². The summed E-state index contributed by atoms with van der Waals surface area (Å²) in [5, 5.41) is 10.7. The van der Waals surface area contributed by atoms with Crippen molar-refractivity contribution in [3.8, 4) is 16.9 Å². The largest absolute Gasteiger partial charge is 0.492 e. The number of nitrogens with zero attached hydrogens (tertiary/aromatic N) is 4. The SMILES string of the molecule is CCOc1cc(C(=O)N2CCOCC2)ccc1Nc1nc2ccc(-c3ccc(C(=O)NCc4ccc(F)cc4)cc3)cn2n1. The zero-order valence-corrected chi connectivity index (χ0v) is 24.1. The van der Waals surface area contributed by atoms with E-state index >= 15 is 0 Å². The normalized spacial score (nSPS) is 13.1. The smallest absolute Gasteiger partial charge is 0.254 e. The fourth-order valence-electron chi connectivity index (χ4n) is 4.91. The lowest BCUT2D eigenvalue weighted by molar-refractivity contribution is 0.0302. The molecule has 3 aromatic carbocycles. The number of anilines is 2. The number of halogens is 1. The first kappa shape index (κ1) is 28.8. The summed E-state index contributed by atoms with van der Waals surface area (Å²) in [6.45, 7) is 4.82. The van der Waals surface area contributed by atoms with Crippen molar-refractivity contribution in [2.45, 2.75) is 13.5 Å². The molecular weight excluding hydrogens is 563 g/mol. The summed E-state index contributed by atoms with van der Waals surface area (Å²) in [4.78, 5) is 31.9. The second kappa shape index (κ2) is 12.9. The van der Waals surface area contributed by atoms with Gasteiger partial charge in [-0.25, -0.2) is 8.91 Å². The topological polar surface area (TPSA) is 110 Å². The van der Waals surface area contributed by atoms with Gasteiger partial charge in [-0.15, -0.1) is 5.10 Å². The first-order valence-corrected chi connectivity index (χ1v) is 14.4. The van der Waals surface area contributed by atoms with Crippen LogP contribution in [0.15, 0.2) is 85.1 Å². The molecular formula is C33H31FN6O4. The Morgan fingerprint density at radius 2 is 1.66 bits per heavy atom. The fraction of sp³-hybridized carbons (Fsp3) is 0.212. The minimum Gasteiger partial charge on any atom is -0.492 e. The Morgan fingerprint density at radius 3 is 2.41 bits per heavy atom. The van der Waals surface area contributed by atoms with Crippen LogP contribution in [-0.4, -0.2) is 64.2 Å². The van der Waals surface area contributed by atoms with Crippen LogP contribution < -0.4 is 15.4 Å². The molecule has 1 aliphatic heterocycles. The Bertz CT molecular complexity index is 1780. The van der Waals surface area contributed by atoms with Gasteiger partial charge in [0.25, 0.3) is 11.8 Å². The summed E-state index contributed by atoms with van der Waals surface area (Å²) >= 11 is 0. The highest BCUT2D eigenvalue weighted by atomic mass is 19.1. The summed E-state index contributed by atoms with van der Waals surface area (Å²) < 4.78 is 26.0. The van der Waals surface area contributed by atoms with Crippen molar-refractivity contribution in [3.05, 3.63) is 108 Å². The van der Waals surface area contributed by atoms with Crippen LogP contribution in [0, 0.1) is 5.82 Å². The summed E-state index contributed by atoms with van der Waals surface area (Å²) in [5.41, 5.74) is 4.98. The maximum Gasteiger partial charge on any atom is 0.254 e. The third kappa shape index (κ3) is 6.52. The molecule has 3 heterocycles. The van der Waals surface area contributed by atoms with Crippen LogP contribution in [0.3, 0.4) is 0 Å². The van der Waals surface area contributed by atoms with Crippen molar-refractivity contribution in [3.63, 3.8) is 0 Å². The van der Waals surface area contributed by atoms with Crippen molar-refractivity contribution in [1.29, 1.82) is 0 Å². The van der Waals surface area contributed by atoms with Crippen molar-refractivity contribution >= 4 is 29.1 Å². The quantitative estimate of drug-likeness (QED) is 0.245. The number of benzene rings is 3. The van der Waals surface area contributed by atoms with E-state index in [1.165, 1.54) is 12.1 Å². The van der Waals surface area contributed by atoms with Crippen LogP contribution in [0.4, 0.5) is 16.0 Å². The summed E-state index contributed by atoms with van der Waals surface area (Å²) in [6.07, 6.45) is 1.87. The second-order valence-corrected chi connectivity index (χ2v) is 10.2. The lowest BCUT2D eigenvalue weighted by Gasteiger charge is -2.27. The van der Waals surface area contributed by atoms with Gasteiger partial charge in [-0.3, -0.25) is 9.59 Å². The number of aromatic nitrogens is 3. The van der Waals surface area contributed by atoms with Crippen molar-refractivity contribution in [2.75, 3.05) is 38.2 Å². The summed E-state index contributed by atoms with van der Waals surface area (Å²) in [7, 11) is 0. The van der Waals surface area contributed by atoms with E-state index in [1.807, 2.05) is 37.4 Å². The molecule has 1 aliphatic rings. The highest BCUT2D eigenvalue weighted by Crippen LogP contribution is 2.29. The van der Waals surface area contributed by atoms with Gasteiger partial charge in [0, 0.05) is 42.5 Å². The number of amides is 2. The molecule has 0 bridgehead atoms. The van der Waals surface area contributed by atoms with Crippen LogP contribution in [0.1, 0.15) is 33.2 Å². The third-order valence-corrected chi connectivity index (χ3v) is 7.25. The molecule has 2 aromatic heterocycles. The van der Waals surface area contributed by atoms with Gasteiger partial charge in [0.1, 0.15) is 11.6 Å². The molecule has 224 valence electrons. The van der Waals surface area contributed by atoms with Crippen molar-refractivity contribution < 1.29 is 23.5 Å². The highest BCUT2D eigenvalue weighted by Gasteiger charge is 2.20. The number of nitrogens with one attached hydrogen (secondary N) is 2. The Labute approximate surface area is 253 Å². The Morgan fingerprint density at radius 1 is 0.932 bits per heavy atom. The molecule has 0 unspecified atom stereocenters. The first-order valence-electron chi connectivity index (χ1n) is 14.4. The fourth-order valence-corrected chi connectivity index (χ4v) is 4.91. The zero-order chi connectivity index (χ0) is 30.5. The Hall–Kier alpha value is -5.29. The molecule has 1 saturated heterocycles. The Kier molecular flexibility index (Phi) is 8.46. The van der Waals surface area contributed by atoms with Crippen LogP contribution in [0.5, 0.6) is 5.75 Å². The molecule has 44 heavy (non-hydrogen) atoms. The average Bonchev–Trinajstić information content (AvgIpc) is 3.47. The molecule has 0 aliphatic carbocycles. The predicted molar refractivity (Wildman–Crippen MR) is 164 cm³/mol. The number of pyridine rings is 1. The highest BCUT2D eigenvalue weighted by molar-refractivity contribution is 5.96. The minimum atomic E-state index is -0.313. The minimum absolute atomic E-state index is 0.0575. The van der Waals surface area contributed by atoms with Gasteiger partial charge in [0.05, 0.1) is 25.5 Å². The maximum atomic E-state index is 13.1. The number of rotatable bonds is 9. The lowest BCUT2D eigenvalue weighted by atomic mass is 10.1. The molecule has 0 saturated carbocycles. The van der Waals surface area contributed by atoms with Gasteiger partial charge in [-0.1, -0.05) is 24.3 Å². The van der Waals surface area contributed by atoms with Crippen LogP contribution in [-0.2, 0) is 11.3 Å². The van der Waals surface area contributed by atoms with Gasteiger partial charge < -0.3 is 25.0 Å². The van der Waals surface area contributed by atoms with Crippen LogP contribution in [0.25, 0.3) is 16.8 Å². The number of carbonyl (C=O) groups is 2. The number of fused-ring (bicyclic) bond motifs is 1. The van der Waals surface area contributed by atoms with E-state index in [0.717, 1.165) is 16.7 Å². The molecule has 5 aromatic rings. The molecule has 11 heteroatoms. The number of carbonyl (C=O) groups excluding carboxylic acids is 2. The molecule has 6 rings (SSSR count). The van der Waals surface area contributed by atoms with E-state index in [-0.39, 0.29) is 17.6 Å². The molecule has 2 amide bonds. The van der Waals surface area contributed by atoms with Crippen LogP contribution in [0.2, 0.25) is 0 Å². The summed E-state index contributed by atoms with van der Waals surface area (Å²) in [6, 6.07) is 22.4. The standard InChI is InChI=1S/C33H31FN6O4/c1-2-44-29-19-25(32(42)39-15-17-43-18-16-39)9-13-28(29)36-33-37-30-14-10-26(21-40(30)38-33)23-5-7-24(8-6-23)31(41)35-20-22-3-11-27(34)12-4-22/h3-14,19,21H,2,15-18,20H2,1H3,(H,35,41)(H,36,38). The van der Waals surface area contributed by atoms with E-state index in [1.54, 1.807) is 51.9 Å². The average molecular weight is 595 g/mol. The predicted octanol–water partition coefficient (Wildman–Crippen LogP) is 5.08. The third-order valence-electron chi connectivity index (χ3n) is 7.25. The molecule has 2 N–H and O–H groups in total. The van der Waals surface area contributed by atoms with Crippen molar-refractivity contribution in [2.24, 2.45) is 0 Å². The van der Waals surface area contributed by atoms with E-state index in [4.69, 9.17) is 9.47 Å². The molecule has 0 atom stereocenters. The first-order chi connectivity index (χ1) is 21.5. The second-order valence-electron chi connectivity index (χ2n) is 10.2. The van der Waals surface area contributed by atoms with Gasteiger partial charge in [-0.2, -0.15) is 4.98 Å². The van der Waals surface area contributed by atoms with Gasteiger partial charge in [-0.05, 0) is 72.6 Å². The van der Waals surface area contributed by atoms with E-state index in [0.29, 0.717) is 73.6 Å². The maximum absolute atomic E-state index is 13.1. The Balaban J connectivity index is 1.14.